The van der Waals surface area contributed by atoms with E-state index < -0.39 is 12.2 Å². The van der Waals surface area contributed by atoms with E-state index in [0.29, 0.717) is 41.0 Å². The maximum atomic E-state index is 12.7. The molecule has 1 aromatic heterocycles. The van der Waals surface area contributed by atoms with Crippen LogP contribution in [0.2, 0.25) is 0 Å². The number of nitrogens with one attached hydrogen (secondary N) is 4. The standard InChI is InChI=1S/C41H45N5O7/c47-30(27-52-31-12-10-28(11-13-31)24-43-26-38(49)34-14-16-37(48)40-35(34)15-17-39(50)45-40)25-42-20-23-46-21-18-32(19-22-46)53-41(51)44-36-9-5-4-8-33(36)29-6-2-1-3-7-29/h1-17,32,38,42-43,48-49H,18-27H2,(H,44,51)(H,45,50)/t38-/m0/s1. The summed E-state index contributed by atoms with van der Waals surface area (Å²) in [6.45, 7) is 3.99. The number of anilines is 1. The minimum atomic E-state index is -0.854. The molecule has 0 bridgehead atoms. The number of hydrogen-bond donors (Lipinski definition) is 6. The van der Waals surface area contributed by atoms with Gasteiger partial charge >= 0.3 is 6.09 Å². The molecule has 1 amide bonds. The van der Waals surface area contributed by atoms with E-state index in [1.807, 2.05) is 66.7 Å². The SMILES string of the molecule is O=C(CNCCN1CCC(OC(=O)Nc2ccccc2-c2ccccc2)CC1)COc1ccc(CNC[C@H](O)c2ccc(O)c3[nH]c(=O)ccc23)cc1. The Hall–Kier alpha value is -5.53. The number of amides is 1. The fourth-order valence-electron chi connectivity index (χ4n) is 6.40. The summed E-state index contributed by atoms with van der Waals surface area (Å²) in [5.41, 5.74) is 4.21. The first-order valence-electron chi connectivity index (χ1n) is 17.8. The number of ketones is 1. The van der Waals surface area contributed by atoms with Crippen molar-refractivity contribution in [2.75, 3.05) is 51.2 Å². The van der Waals surface area contributed by atoms with Crippen molar-refractivity contribution in [2.45, 2.75) is 31.6 Å². The van der Waals surface area contributed by atoms with Crippen molar-refractivity contribution in [2.24, 2.45) is 0 Å². The Bertz CT molecular complexity index is 2030. The second-order valence-corrected chi connectivity index (χ2v) is 13.1. The summed E-state index contributed by atoms with van der Waals surface area (Å²) >= 11 is 0. The van der Waals surface area contributed by atoms with E-state index >= 15 is 0 Å². The number of aromatic nitrogens is 1. The highest BCUT2D eigenvalue weighted by molar-refractivity contribution is 5.91. The number of phenolic OH excluding ortho intramolecular Hbond substituents is 1. The average Bonchev–Trinajstić information content (AvgIpc) is 3.17. The third-order valence-electron chi connectivity index (χ3n) is 9.24. The predicted molar refractivity (Wildman–Crippen MR) is 204 cm³/mol. The molecule has 1 fully saturated rings. The second kappa shape index (κ2) is 18.3. The van der Waals surface area contributed by atoms with E-state index in [2.05, 4.69) is 25.8 Å². The van der Waals surface area contributed by atoms with Gasteiger partial charge in [-0.1, -0.05) is 66.7 Å². The summed E-state index contributed by atoms with van der Waals surface area (Å²) in [5, 5.41) is 30.8. The fourth-order valence-corrected chi connectivity index (χ4v) is 6.40. The molecule has 12 nitrogen and oxygen atoms in total. The quantitative estimate of drug-likeness (QED) is 0.0767. The second-order valence-electron chi connectivity index (χ2n) is 13.1. The molecule has 276 valence electrons. The van der Waals surface area contributed by atoms with E-state index in [1.54, 1.807) is 24.3 Å². The first-order valence-corrected chi connectivity index (χ1v) is 17.8. The number of nitrogens with zero attached hydrogens (tertiary/aromatic N) is 1. The van der Waals surface area contributed by atoms with Gasteiger partial charge in [-0.05, 0) is 59.9 Å². The minimum absolute atomic E-state index is 0.0384. The Morgan fingerprint density at radius 2 is 1.64 bits per heavy atom. The molecule has 1 saturated heterocycles. The van der Waals surface area contributed by atoms with Crippen LogP contribution >= 0.6 is 0 Å². The first kappa shape index (κ1) is 37.2. The molecule has 1 atom stereocenters. The highest BCUT2D eigenvalue weighted by Gasteiger charge is 2.23. The van der Waals surface area contributed by atoms with Crippen molar-refractivity contribution in [1.82, 2.24) is 20.5 Å². The summed E-state index contributed by atoms with van der Waals surface area (Å²) in [5.74, 6) is 0.483. The Morgan fingerprint density at radius 1 is 0.887 bits per heavy atom. The molecule has 2 heterocycles. The van der Waals surface area contributed by atoms with E-state index in [-0.39, 0.29) is 42.9 Å². The van der Waals surface area contributed by atoms with E-state index in [9.17, 15) is 24.6 Å². The molecule has 0 radical (unpaired) electrons. The van der Waals surface area contributed by atoms with Gasteiger partial charge in [-0.2, -0.15) is 0 Å². The highest BCUT2D eigenvalue weighted by atomic mass is 16.6. The number of aromatic amines is 1. The number of ether oxygens (including phenoxy) is 2. The van der Waals surface area contributed by atoms with Gasteiger partial charge in [-0.15, -0.1) is 0 Å². The van der Waals surface area contributed by atoms with Crippen LogP contribution in [-0.4, -0.2) is 84.0 Å². The van der Waals surface area contributed by atoms with Crippen molar-refractivity contribution >= 4 is 28.5 Å². The van der Waals surface area contributed by atoms with E-state index in [1.165, 1.54) is 12.1 Å². The number of aromatic hydroxyl groups is 1. The fraction of sp³-hybridized carbons (Fsp3) is 0.293. The van der Waals surface area contributed by atoms with Crippen molar-refractivity contribution in [1.29, 1.82) is 0 Å². The van der Waals surface area contributed by atoms with Gasteiger partial charge in [-0.25, -0.2) is 4.79 Å². The summed E-state index contributed by atoms with van der Waals surface area (Å²) in [6.07, 6.45) is 0.0504. The Morgan fingerprint density at radius 3 is 2.43 bits per heavy atom. The molecular formula is C41H45N5O7. The number of hydrogen-bond acceptors (Lipinski definition) is 10. The minimum Gasteiger partial charge on any atom is -0.506 e. The van der Waals surface area contributed by atoms with Crippen molar-refractivity contribution in [3.05, 3.63) is 125 Å². The number of H-pyrrole nitrogens is 1. The number of aliphatic hydroxyl groups is 1. The van der Waals surface area contributed by atoms with Gasteiger partial charge in [-0.3, -0.25) is 14.9 Å². The van der Waals surface area contributed by atoms with Crippen LogP contribution in [0.3, 0.4) is 0 Å². The molecule has 1 aliphatic heterocycles. The zero-order valence-corrected chi connectivity index (χ0v) is 29.4. The Balaban J connectivity index is 0.827. The van der Waals surface area contributed by atoms with Gasteiger partial charge in [0.1, 0.15) is 24.2 Å². The predicted octanol–water partition coefficient (Wildman–Crippen LogP) is 4.97. The van der Waals surface area contributed by atoms with Crippen LogP contribution in [-0.2, 0) is 16.1 Å². The average molecular weight is 720 g/mol. The Labute approximate surface area is 307 Å². The maximum absolute atomic E-state index is 12.7. The molecule has 1 aliphatic rings. The number of Topliss-reactive ketones (excluding diaryl/α,β-unsaturated/α-hetero) is 1. The highest BCUT2D eigenvalue weighted by Crippen LogP contribution is 2.29. The first-order chi connectivity index (χ1) is 25.8. The molecule has 0 saturated carbocycles. The Kier molecular flexibility index (Phi) is 12.9. The lowest BCUT2D eigenvalue weighted by atomic mass is 10.0. The molecule has 0 aliphatic carbocycles. The van der Waals surface area contributed by atoms with Gasteiger partial charge in [0, 0.05) is 56.3 Å². The molecular weight excluding hydrogens is 674 g/mol. The van der Waals surface area contributed by atoms with Crippen molar-refractivity contribution in [3.8, 4) is 22.6 Å². The molecule has 53 heavy (non-hydrogen) atoms. The summed E-state index contributed by atoms with van der Waals surface area (Å²) in [7, 11) is 0. The van der Waals surface area contributed by atoms with E-state index in [4.69, 9.17) is 9.47 Å². The van der Waals surface area contributed by atoms with Gasteiger partial charge in [0.25, 0.3) is 0 Å². The van der Waals surface area contributed by atoms with Crippen LogP contribution in [0.15, 0.2) is 108 Å². The van der Waals surface area contributed by atoms with Gasteiger partial charge in [0.2, 0.25) is 5.56 Å². The molecule has 12 heteroatoms. The number of aliphatic hydroxyl groups excluding tert-OH is 1. The number of phenols is 1. The van der Waals surface area contributed by atoms with Crippen LogP contribution in [0.1, 0.15) is 30.1 Å². The van der Waals surface area contributed by atoms with Gasteiger partial charge in [0.15, 0.2) is 5.78 Å². The van der Waals surface area contributed by atoms with E-state index in [0.717, 1.165) is 49.2 Å². The molecule has 6 rings (SSSR count). The van der Waals surface area contributed by atoms with Crippen molar-refractivity contribution in [3.63, 3.8) is 0 Å². The number of pyridine rings is 1. The van der Waals surface area contributed by atoms with Crippen LogP contribution in [0.5, 0.6) is 11.5 Å². The summed E-state index contributed by atoms with van der Waals surface area (Å²) in [4.78, 5) is 41.7. The largest absolute Gasteiger partial charge is 0.506 e. The maximum Gasteiger partial charge on any atom is 0.411 e. The van der Waals surface area contributed by atoms with Gasteiger partial charge in [0.05, 0.1) is 23.9 Å². The third kappa shape index (κ3) is 10.5. The van der Waals surface area contributed by atoms with Crippen LogP contribution in [0.4, 0.5) is 10.5 Å². The zero-order valence-electron chi connectivity index (χ0n) is 29.4. The lowest BCUT2D eigenvalue weighted by molar-refractivity contribution is -0.120. The van der Waals surface area contributed by atoms with Crippen LogP contribution in [0.25, 0.3) is 22.0 Å². The molecule has 0 spiro atoms. The zero-order chi connectivity index (χ0) is 37.0. The monoisotopic (exact) mass is 719 g/mol. The summed E-state index contributed by atoms with van der Waals surface area (Å²) < 4.78 is 11.4. The number of likely N-dealkylation sites (tertiary alicyclic amines) is 1. The van der Waals surface area contributed by atoms with Crippen LogP contribution < -0.4 is 26.2 Å². The lowest BCUT2D eigenvalue weighted by Crippen LogP contribution is -2.42. The number of fused-ring (bicyclic) bond motifs is 1. The topological polar surface area (TPSA) is 165 Å². The number of rotatable bonds is 16. The number of benzene rings is 4. The third-order valence-corrected chi connectivity index (χ3v) is 9.24. The molecule has 4 aromatic carbocycles. The number of carbonyl (C=O) groups excluding carboxylic acids is 2. The van der Waals surface area contributed by atoms with Crippen molar-refractivity contribution < 1.29 is 29.3 Å². The smallest absolute Gasteiger partial charge is 0.411 e. The number of carbonyl (C=O) groups is 2. The lowest BCUT2D eigenvalue weighted by Gasteiger charge is -2.31. The number of piperidine rings is 1. The number of para-hydroxylation sites is 1. The van der Waals surface area contributed by atoms with Crippen LogP contribution in [0, 0.1) is 0 Å². The molecule has 6 N–H and O–H groups in total. The normalized spacial score (nSPS) is 14.1. The summed E-state index contributed by atoms with van der Waals surface area (Å²) in [6, 6.07) is 31.0. The molecule has 0 unspecified atom stereocenters. The molecule has 5 aromatic rings. The van der Waals surface area contributed by atoms with Gasteiger partial charge < -0.3 is 40.2 Å².